The van der Waals surface area contributed by atoms with Crippen LogP contribution in [-0.4, -0.2) is 97.8 Å². The van der Waals surface area contributed by atoms with Crippen molar-refractivity contribution in [3.05, 3.63) is 41.7 Å². The average Bonchev–Trinajstić information content (AvgIpc) is 3.83. The van der Waals surface area contributed by atoms with Crippen LogP contribution in [0.3, 0.4) is 0 Å². The van der Waals surface area contributed by atoms with Crippen LogP contribution in [0.5, 0.6) is 0 Å². The zero-order valence-electron chi connectivity index (χ0n) is 29.0. The summed E-state index contributed by atoms with van der Waals surface area (Å²) in [7, 11) is 1.31. The number of esters is 1. The Balaban J connectivity index is 1.20. The number of hydrogen-bond acceptors (Lipinski definition) is 11. The number of carbonyl (C=O) groups is 4. The van der Waals surface area contributed by atoms with Gasteiger partial charge in [0.25, 0.3) is 0 Å². The van der Waals surface area contributed by atoms with Gasteiger partial charge in [-0.1, -0.05) is 23.4 Å². The number of likely N-dealkylation sites (tertiary alicyclic amines) is 2. The highest BCUT2D eigenvalue weighted by Gasteiger charge is 2.59. The van der Waals surface area contributed by atoms with Gasteiger partial charge in [-0.3, -0.25) is 24.0 Å². The molecule has 0 unspecified atom stereocenters. The number of aromatic nitrogens is 3. The van der Waals surface area contributed by atoms with Crippen molar-refractivity contribution in [2.75, 3.05) is 25.5 Å². The van der Waals surface area contributed by atoms with Gasteiger partial charge in [0.15, 0.2) is 6.19 Å². The molecule has 1 saturated carbocycles. The van der Waals surface area contributed by atoms with Crippen LogP contribution in [0, 0.1) is 29.2 Å². The SMILES string of the molecule is COC(=O)[C@@H]1[C@H]2C[C@@H]([C@@]3(CCn4cc(CNC(=O)[C@@H]5CCCN5C(=O)OC(C)(C)C)nn4)C(=O)Nc4ccccc43)N(C#N)C[C@@H]2CC[C@@H]1O. The van der Waals surface area contributed by atoms with Crippen LogP contribution in [0.1, 0.15) is 70.6 Å². The van der Waals surface area contributed by atoms with Crippen molar-refractivity contribution in [3.8, 4) is 6.19 Å². The van der Waals surface area contributed by atoms with E-state index in [2.05, 4.69) is 27.1 Å². The summed E-state index contributed by atoms with van der Waals surface area (Å²) in [6.45, 7) is 6.52. The molecule has 6 rings (SSSR count). The Hall–Kier alpha value is -4.71. The molecule has 0 spiro atoms. The second kappa shape index (κ2) is 13.9. The molecule has 1 aromatic carbocycles. The van der Waals surface area contributed by atoms with Crippen LogP contribution >= 0.6 is 0 Å². The predicted molar refractivity (Wildman–Crippen MR) is 178 cm³/mol. The number of fused-ring (bicyclic) bond motifs is 2. The molecule has 1 aromatic heterocycles. The topological polar surface area (TPSA) is 192 Å². The van der Waals surface area contributed by atoms with Gasteiger partial charge in [0.2, 0.25) is 11.8 Å². The molecular formula is C35H46N8O7. The number of aryl methyl sites for hydroxylation is 1. The van der Waals surface area contributed by atoms with Crippen LogP contribution in [0.4, 0.5) is 10.5 Å². The molecule has 3 amide bonds. The van der Waals surface area contributed by atoms with Gasteiger partial charge in [0.1, 0.15) is 17.3 Å². The van der Waals surface area contributed by atoms with Crippen LogP contribution < -0.4 is 10.6 Å². The molecule has 2 aromatic rings. The van der Waals surface area contributed by atoms with Crippen LogP contribution in [0.2, 0.25) is 0 Å². The summed E-state index contributed by atoms with van der Waals surface area (Å²) in [5.41, 5.74) is 0.0869. The Labute approximate surface area is 291 Å². The van der Waals surface area contributed by atoms with E-state index < -0.39 is 47.2 Å². The largest absolute Gasteiger partial charge is 0.469 e. The summed E-state index contributed by atoms with van der Waals surface area (Å²) in [6, 6.07) is 6.20. The highest BCUT2D eigenvalue weighted by molar-refractivity contribution is 6.07. The molecule has 1 aliphatic carbocycles. The molecule has 0 radical (unpaired) electrons. The molecule has 0 bridgehead atoms. The number of nitriles is 1. The number of aliphatic hydroxyl groups is 1. The second-order valence-electron chi connectivity index (χ2n) is 14.9. The summed E-state index contributed by atoms with van der Waals surface area (Å²) in [5, 5.41) is 35.7. The Kier molecular flexibility index (Phi) is 9.76. The molecule has 4 heterocycles. The van der Waals surface area contributed by atoms with E-state index in [4.69, 9.17) is 9.47 Å². The lowest BCUT2D eigenvalue weighted by molar-refractivity contribution is -0.160. The minimum Gasteiger partial charge on any atom is -0.469 e. The van der Waals surface area contributed by atoms with Crippen molar-refractivity contribution in [2.24, 2.45) is 17.8 Å². The maximum Gasteiger partial charge on any atom is 0.410 e. The summed E-state index contributed by atoms with van der Waals surface area (Å²) in [5.74, 6) is -2.05. The minimum atomic E-state index is -1.17. The van der Waals surface area contributed by atoms with Crippen molar-refractivity contribution >= 4 is 29.6 Å². The monoisotopic (exact) mass is 690 g/mol. The van der Waals surface area contributed by atoms with Crippen LogP contribution in [0.25, 0.3) is 0 Å². The van der Waals surface area contributed by atoms with Gasteiger partial charge in [-0.2, -0.15) is 5.26 Å². The number of para-hydroxylation sites is 1. The second-order valence-corrected chi connectivity index (χ2v) is 14.9. The van der Waals surface area contributed by atoms with Crippen molar-refractivity contribution in [2.45, 2.75) is 102 Å². The first-order valence-electron chi connectivity index (χ1n) is 17.4. The molecule has 3 N–H and O–H groups in total. The number of amides is 3. The van der Waals surface area contributed by atoms with Gasteiger partial charge in [-0.05, 0) is 82.8 Å². The van der Waals surface area contributed by atoms with Crippen LogP contribution in [0.15, 0.2) is 30.5 Å². The summed E-state index contributed by atoms with van der Waals surface area (Å²) in [4.78, 5) is 56.0. The van der Waals surface area contributed by atoms with E-state index in [1.807, 2.05) is 24.3 Å². The first-order chi connectivity index (χ1) is 23.9. The van der Waals surface area contributed by atoms with E-state index in [1.165, 1.54) is 12.0 Å². The number of methoxy groups -OCH3 is 1. The summed E-state index contributed by atoms with van der Waals surface area (Å²) >= 11 is 0. The number of hydrogen-bond donors (Lipinski definition) is 3. The maximum absolute atomic E-state index is 14.2. The standard InChI is InChI=1S/C35H46N8O7/c1-34(2,3)50-33(48)43-14-7-10-26(43)30(45)37-17-22-19-42(40-39-22)15-13-35(24-8-5-6-9-25(24)38-32(35)47)28-16-23-21(18-41(28)20-36)11-12-27(44)29(23)31(46)49-4/h5-6,8-9,19,21,23,26-29,44H,7,10-18H2,1-4H3,(H,37,45)(H,38,47)/t21-,23-,26-,27-,28-,29+,35-/m0/s1. The number of nitrogens with zero attached hydrogens (tertiary/aromatic N) is 6. The van der Waals surface area contributed by atoms with E-state index in [-0.39, 0.29) is 43.2 Å². The Morgan fingerprint density at radius 2 is 1.98 bits per heavy atom. The number of rotatable bonds is 8. The number of ether oxygens (including phenoxy) is 2. The zero-order chi connectivity index (χ0) is 35.8. The molecule has 15 nitrogen and oxygen atoms in total. The van der Waals surface area contributed by atoms with Gasteiger partial charge in [-0.25, -0.2) is 4.79 Å². The quantitative estimate of drug-likeness (QED) is 0.272. The lowest BCUT2D eigenvalue weighted by Crippen LogP contribution is -2.61. The fraction of sp³-hybridized carbons (Fsp3) is 0.629. The Morgan fingerprint density at radius 3 is 2.72 bits per heavy atom. The third-order valence-electron chi connectivity index (χ3n) is 10.8. The molecule has 268 valence electrons. The molecule has 4 aliphatic rings. The first-order valence-corrected chi connectivity index (χ1v) is 17.4. The average molecular weight is 691 g/mol. The normalized spacial score (nSPS) is 29.0. The fourth-order valence-corrected chi connectivity index (χ4v) is 8.51. The molecule has 50 heavy (non-hydrogen) atoms. The number of piperidine rings is 1. The van der Waals surface area contributed by atoms with Crippen molar-refractivity contribution in [1.29, 1.82) is 5.26 Å². The number of carbonyl (C=O) groups excluding carboxylic acids is 4. The number of anilines is 1. The summed E-state index contributed by atoms with van der Waals surface area (Å²) < 4.78 is 12.2. The third kappa shape index (κ3) is 6.60. The predicted octanol–water partition coefficient (Wildman–Crippen LogP) is 2.31. The van der Waals surface area contributed by atoms with Crippen LogP contribution in [-0.2, 0) is 42.4 Å². The lowest BCUT2D eigenvalue weighted by Gasteiger charge is -2.52. The number of benzene rings is 1. The van der Waals surface area contributed by atoms with E-state index in [0.29, 0.717) is 56.6 Å². The Morgan fingerprint density at radius 1 is 1.20 bits per heavy atom. The molecule has 15 heteroatoms. The number of aliphatic hydroxyl groups excluding tert-OH is 1. The van der Waals surface area contributed by atoms with E-state index in [1.54, 1.807) is 36.5 Å². The molecule has 7 atom stereocenters. The van der Waals surface area contributed by atoms with Gasteiger partial charge in [0.05, 0.1) is 43.3 Å². The highest BCUT2D eigenvalue weighted by atomic mass is 16.6. The summed E-state index contributed by atoms with van der Waals surface area (Å²) in [6.07, 6.45) is 5.62. The molecule has 3 fully saturated rings. The fourth-order valence-electron chi connectivity index (χ4n) is 8.51. The highest BCUT2D eigenvalue weighted by Crippen LogP contribution is 2.51. The smallest absolute Gasteiger partial charge is 0.410 e. The van der Waals surface area contributed by atoms with Crippen molar-refractivity contribution in [1.82, 2.24) is 30.1 Å². The minimum absolute atomic E-state index is 0.0105. The Bertz CT molecular complexity index is 1670. The third-order valence-corrected chi connectivity index (χ3v) is 10.8. The number of nitrogens with one attached hydrogen (secondary N) is 2. The van der Waals surface area contributed by atoms with Gasteiger partial charge >= 0.3 is 12.1 Å². The van der Waals surface area contributed by atoms with Gasteiger partial charge in [-0.15, -0.1) is 5.10 Å². The zero-order valence-corrected chi connectivity index (χ0v) is 29.0. The molecule has 3 aliphatic heterocycles. The van der Waals surface area contributed by atoms with Gasteiger partial charge in [0, 0.05) is 25.3 Å². The molecule has 2 saturated heterocycles. The van der Waals surface area contributed by atoms with E-state index >= 15 is 0 Å². The van der Waals surface area contributed by atoms with E-state index in [0.717, 1.165) is 5.56 Å². The maximum atomic E-state index is 14.2. The first kappa shape index (κ1) is 35.1. The van der Waals surface area contributed by atoms with E-state index in [9.17, 15) is 29.5 Å². The van der Waals surface area contributed by atoms with Crippen molar-refractivity contribution in [3.63, 3.8) is 0 Å². The van der Waals surface area contributed by atoms with Gasteiger partial charge < -0.3 is 30.1 Å². The lowest BCUT2D eigenvalue weighted by atomic mass is 9.60. The van der Waals surface area contributed by atoms with Crippen molar-refractivity contribution < 1.29 is 33.8 Å². The molecular weight excluding hydrogens is 644 g/mol.